The molecule has 1 amide bonds. The van der Waals surface area contributed by atoms with Crippen LogP contribution in [0.25, 0.3) is 0 Å². The van der Waals surface area contributed by atoms with Crippen molar-refractivity contribution in [3.63, 3.8) is 0 Å². The molecular formula is C19H26N4O. The van der Waals surface area contributed by atoms with E-state index in [4.69, 9.17) is 0 Å². The van der Waals surface area contributed by atoms with Gasteiger partial charge in [-0.1, -0.05) is 30.3 Å². The number of aromatic nitrogens is 2. The lowest BCUT2D eigenvalue weighted by Crippen LogP contribution is -2.53. The van der Waals surface area contributed by atoms with Crippen LogP contribution in [-0.2, 0) is 4.79 Å². The summed E-state index contributed by atoms with van der Waals surface area (Å²) < 4.78 is 2.02. The van der Waals surface area contributed by atoms with Crippen LogP contribution in [0, 0.1) is 6.92 Å². The number of aryl methyl sites for hydroxylation is 1. The fourth-order valence-corrected chi connectivity index (χ4v) is 3.35. The first-order valence-electron chi connectivity index (χ1n) is 8.72. The second-order valence-electron chi connectivity index (χ2n) is 6.43. The van der Waals surface area contributed by atoms with E-state index < -0.39 is 0 Å². The van der Waals surface area contributed by atoms with Crippen molar-refractivity contribution in [3.05, 3.63) is 53.9 Å². The third-order valence-corrected chi connectivity index (χ3v) is 4.78. The maximum atomic E-state index is 13.0. The summed E-state index contributed by atoms with van der Waals surface area (Å²) in [6.45, 7) is 9.32. The Bertz CT molecular complexity index is 672. The van der Waals surface area contributed by atoms with Gasteiger partial charge in [-0.2, -0.15) is 5.10 Å². The highest BCUT2D eigenvalue weighted by Gasteiger charge is 2.39. The van der Waals surface area contributed by atoms with Gasteiger partial charge in [0.05, 0.1) is 12.2 Å². The molecule has 0 saturated carbocycles. The molecule has 1 aliphatic rings. The van der Waals surface area contributed by atoms with Crippen LogP contribution in [-0.4, -0.2) is 51.7 Å². The number of carbonyl (C=O) groups is 1. The van der Waals surface area contributed by atoms with Gasteiger partial charge in [0.1, 0.15) is 6.04 Å². The molecule has 0 aliphatic carbocycles. The molecule has 0 N–H and O–H groups in total. The maximum absolute atomic E-state index is 13.0. The van der Waals surface area contributed by atoms with Crippen molar-refractivity contribution in [2.45, 2.75) is 32.9 Å². The van der Waals surface area contributed by atoms with Crippen LogP contribution >= 0.6 is 0 Å². The molecule has 1 aromatic heterocycles. The SMILES string of the molecule is CCN(CC)C(=O)[C@@H](c1ccccc1)N1CC(n2cc(C)cn2)C1. The van der Waals surface area contributed by atoms with Gasteiger partial charge in [-0.15, -0.1) is 0 Å². The zero-order chi connectivity index (χ0) is 17.1. The van der Waals surface area contributed by atoms with Crippen LogP contribution in [0.1, 0.15) is 37.1 Å². The quantitative estimate of drug-likeness (QED) is 0.819. The van der Waals surface area contributed by atoms with Gasteiger partial charge < -0.3 is 4.90 Å². The highest BCUT2D eigenvalue weighted by Crippen LogP contribution is 2.32. The summed E-state index contributed by atoms with van der Waals surface area (Å²) in [5, 5.41) is 4.41. The van der Waals surface area contributed by atoms with Gasteiger partial charge in [-0.3, -0.25) is 14.4 Å². The van der Waals surface area contributed by atoms with Crippen LogP contribution in [0.2, 0.25) is 0 Å². The van der Waals surface area contributed by atoms with Crippen molar-refractivity contribution >= 4 is 5.91 Å². The van der Waals surface area contributed by atoms with E-state index in [2.05, 4.69) is 35.3 Å². The molecule has 0 unspecified atom stereocenters. The summed E-state index contributed by atoms with van der Waals surface area (Å²) in [5.41, 5.74) is 2.25. The lowest BCUT2D eigenvalue weighted by Gasteiger charge is -2.44. The molecule has 2 aromatic rings. The molecule has 1 aliphatic heterocycles. The van der Waals surface area contributed by atoms with Crippen LogP contribution in [0.4, 0.5) is 0 Å². The Morgan fingerprint density at radius 1 is 1.25 bits per heavy atom. The largest absolute Gasteiger partial charge is 0.342 e. The fourth-order valence-electron chi connectivity index (χ4n) is 3.35. The summed E-state index contributed by atoms with van der Waals surface area (Å²) >= 11 is 0. The molecule has 128 valence electrons. The molecule has 1 saturated heterocycles. The second-order valence-corrected chi connectivity index (χ2v) is 6.43. The first-order valence-corrected chi connectivity index (χ1v) is 8.72. The van der Waals surface area contributed by atoms with Gasteiger partial charge in [-0.05, 0) is 31.9 Å². The second kappa shape index (κ2) is 7.18. The molecule has 5 nitrogen and oxygen atoms in total. The third-order valence-electron chi connectivity index (χ3n) is 4.78. The summed E-state index contributed by atoms with van der Waals surface area (Å²) in [4.78, 5) is 17.2. The topological polar surface area (TPSA) is 41.4 Å². The number of nitrogens with zero attached hydrogens (tertiary/aromatic N) is 4. The maximum Gasteiger partial charge on any atom is 0.244 e. The van der Waals surface area contributed by atoms with Gasteiger partial charge in [0, 0.05) is 32.4 Å². The van der Waals surface area contributed by atoms with Crippen molar-refractivity contribution in [2.75, 3.05) is 26.2 Å². The Hall–Kier alpha value is -2.14. The lowest BCUT2D eigenvalue weighted by molar-refractivity contribution is -0.139. The first kappa shape index (κ1) is 16.7. The Morgan fingerprint density at radius 3 is 2.46 bits per heavy atom. The van der Waals surface area contributed by atoms with Crippen molar-refractivity contribution in [3.8, 4) is 0 Å². The summed E-state index contributed by atoms with van der Waals surface area (Å²) in [7, 11) is 0. The van der Waals surface area contributed by atoms with Crippen molar-refractivity contribution in [1.82, 2.24) is 19.6 Å². The van der Waals surface area contributed by atoms with Crippen LogP contribution in [0.3, 0.4) is 0 Å². The Balaban J connectivity index is 1.78. The Kier molecular flexibility index (Phi) is 5.00. The third kappa shape index (κ3) is 3.22. The lowest BCUT2D eigenvalue weighted by atomic mass is 9.98. The molecule has 24 heavy (non-hydrogen) atoms. The van der Waals surface area contributed by atoms with Gasteiger partial charge in [-0.25, -0.2) is 0 Å². The highest BCUT2D eigenvalue weighted by atomic mass is 16.2. The monoisotopic (exact) mass is 326 g/mol. The van der Waals surface area contributed by atoms with Crippen molar-refractivity contribution < 1.29 is 4.79 Å². The van der Waals surface area contributed by atoms with E-state index >= 15 is 0 Å². The first-order chi connectivity index (χ1) is 11.6. The molecule has 0 bridgehead atoms. The molecule has 1 fully saturated rings. The van der Waals surface area contributed by atoms with Crippen molar-refractivity contribution in [2.24, 2.45) is 0 Å². The van der Waals surface area contributed by atoms with Crippen LogP contribution in [0.5, 0.6) is 0 Å². The molecular weight excluding hydrogens is 300 g/mol. The minimum atomic E-state index is -0.195. The number of hydrogen-bond acceptors (Lipinski definition) is 3. The number of amides is 1. The van der Waals surface area contributed by atoms with E-state index in [1.807, 2.05) is 47.8 Å². The molecule has 2 heterocycles. The van der Waals surface area contributed by atoms with E-state index in [-0.39, 0.29) is 11.9 Å². The number of hydrogen-bond donors (Lipinski definition) is 0. The molecule has 0 spiro atoms. The number of likely N-dealkylation sites (tertiary alicyclic amines) is 1. The summed E-state index contributed by atoms with van der Waals surface area (Å²) in [5.74, 6) is 0.196. The van der Waals surface area contributed by atoms with E-state index in [0.717, 1.165) is 31.7 Å². The fraction of sp³-hybridized carbons (Fsp3) is 0.474. The standard InChI is InChI=1S/C19H26N4O/c1-4-21(5-2)19(24)18(16-9-7-6-8-10-16)22-13-17(14-22)23-12-15(3)11-20-23/h6-12,17-18H,4-5,13-14H2,1-3H3/t18-/m1/s1. The molecule has 5 heteroatoms. The minimum absolute atomic E-state index is 0.195. The summed E-state index contributed by atoms with van der Waals surface area (Å²) in [6, 6.07) is 10.3. The Labute approximate surface area is 143 Å². The van der Waals surface area contributed by atoms with E-state index in [0.29, 0.717) is 6.04 Å². The minimum Gasteiger partial charge on any atom is -0.342 e. The number of likely N-dealkylation sites (N-methyl/N-ethyl adjacent to an activating group) is 1. The van der Waals surface area contributed by atoms with E-state index in [1.165, 1.54) is 5.56 Å². The predicted octanol–water partition coefficient (Wildman–Crippen LogP) is 2.66. The van der Waals surface area contributed by atoms with Crippen LogP contribution < -0.4 is 0 Å². The number of carbonyl (C=O) groups excluding carboxylic acids is 1. The zero-order valence-electron chi connectivity index (χ0n) is 14.7. The highest BCUT2D eigenvalue weighted by molar-refractivity contribution is 5.83. The predicted molar refractivity (Wildman–Crippen MR) is 94.7 cm³/mol. The van der Waals surface area contributed by atoms with Gasteiger partial charge >= 0.3 is 0 Å². The average molecular weight is 326 g/mol. The van der Waals surface area contributed by atoms with Gasteiger partial charge in [0.25, 0.3) is 0 Å². The smallest absolute Gasteiger partial charge is 0.244 e. The van der Waals surface area contributed by atoms with Crippen LogP contribution in [0.15, 0.2) is 42.7 Å². The van der Waals surface area contributed by atoms with Gasteiger partial charge in [0.15, 0.2) is 0 Å². The molecule has 3 rings (SSSR count). The average Bonchev–Trinajstić information content (AvgIpc) is 2.98. The Morgan fingerprint density at radius 2 is 1.92 bits per heavy atom. The van der Waals surface area contributed by atoms with E-state index in [9.17, 15) is 4.79 Å². The molecule has 0 radical (unpaired) electrons. The summed E-state index contributed by atoms with van der Waals surface area (Å²) in [6.07, 6.45) is 3.96. The molecule has 1 atom stereocenters. The van der Waals surface area contributed by atoms with E-state index in [1.54, 1.807) is 0 Å². The normalized spacial score (nSPS) is 16.6. The number of rotatable bonds is 6. The molecule has 1 aromatic carbocycles. The zero-order valence-corrected chi connectivity index (χ0v) is 14.7. The van der Waals surface area contributed by atoms with Gasteiger partial charge in [0.2, 0.25) is 5.91 Å². The van der Waals surface area contributed by atoms with Crippen molar-refractivity contribution in [1.29, 1.82) is 0 Å². The number of benzene rings is 1.